The normalized spacial score (nSPS) is 31.2. The monoisotopic (exact) mass is 276 g/mol. The molecule has 7 heteroatoms. The van der Waals surface area contributed by atoms with Gasteiger partial charge >= 0.3 is 11.9 Å². The summed E-state index contributed by atoms with van der Waals surface area (Å²) in [6.07, 6.45) is -4.93. The molecule has 0 aromatic heterocycles. The third kappa shape index (κ3) is 4.77. The minimum atomic E-state index is -1.44. The smallest absolute Gasteiger partial charge is 0.333 e. The first-order valence-electron chi connectivity index (χ1n) is 6.25. The van der Waals surface area contributed by atoms with E-state index in [1.54, 1.807) is 0 Å². The van der Waals surface area contributed by atoms with E-state index in [0.717, 1.165) is 0 Å². The molecule has 3 N–H and O–H groups in total. The van der Waals surface area contributed by atoms with Crippen molar-refractivity contribution in [3.05, 3.63) is 0 Å². The topological polar surface area (TPSA) is 113 Å². The summed E-state index contributed by atoms with van der Waals surface area (Å²) in [6, 6.07) is 0. The highest BCUT2D eigenvalue weighted by molar-refractivity contribution is 5.72. The maximum Gasteiger partial charge on any atom is 0.333 e. The van der Waals surface area contributed by atoms with E-state index >= 15 is 0 Å². The summed E-state index contributed by atoms with van der Waals surface area (Å²) in [5.41, 5.74) is 0. The second-order valence-corrected chi connectivity index (χ2v) is 5.05. The summed E-state index contributed by atoms with van der Waals surface area (Å²) < 4.78 is 9.83. The van der Waals surface area contributed by atoms with Crippen LogP contribution >= 0.6 is 0 Å². The van der Waals surface area contributed by atoms with Gasteiger partial charge < -0.3 is 24.8 Å². The lowest BCUT2D eigenvalue weighted by Crippen LogP contribution is -2.52. The van der Waals surface area contributed by atoms with E-state index in [0.29, 0.717) is 12.3 Å². The molecule has 1 aliphatic rings. The van der Waals surface area contributed by atoms with Crippen LogP contribution in [-0.2, 0) is 19.1 Å². The van der Waals surface area contributed by atoms with Gasteiger partial charge in [-0.05, 0) is 12.3 Å². The molecule has 19 heavy (non-hydrogen) atoms. The lowest BCUT2D eigenvalue weighted by Gasteiger charge is -2.34. The van der Waals surface area contributed by atoms with E-state index < -0.39 is 36.5 Å². The van der Waals surface area contributed by atoms with Crippen LogP contribution in [0.25, 0.3) is 0 Å². The van der Waals surface area contributed by atoms with Gasteiger partial charge in [-0.3, -0.25) is 4.79 Å². The minimum Gasteiger partial charge on any atom is -0.479 e. The Hall–Kier alpha value is -1.18. The van der Waals surface area contributed by atoms with Crippen LogP contribution in [-0.4, -0.2) is 51.9 Å². The molecular weight excluding hydrogens is 256 g/mol. The molecule has 110 valence electrons. The first-order chi connectivity index (χ1) is 8.81. The number of aliphatic hydroxyl groups is 2. The fourth-order valence-corrected chi connectivity index (χ4v) is 1.69. The van der Waals surface area contributed by atoms with Gasteiger partial charge in [0.15, 0.2) is 6.10 Å². The van der Waals surface area contributed by atoms with E-state index in [2.05, 4.69) is 0 Å². The maximum atomic E-state index is 11.5. The lowest BCUT2D eigenvalue weighted by atomic mass is 10.0. The molecule has 1 unspecified atom stereocenters. The Balaban J connectivity index is 2.54. The number of carbonyl (C=O) groups excluding carboxylic acids is 1. The molecule has 4 atom stereocenters. The first-order valence-corrected chi connectivity index (χ1v) is 6.25. The molecule has 0 aromatic carbocycles. The second-order valence-electron chi connectivity index (χ2n) is 5.05. The number of aliphatic hydroxyl groups excluding tert-OH is 2. The van der Waals surface area contributed by atoms with E-state index in [1.165, 1.54) is 0 Å². The Morgan fingerprint density at radius 1 is 1.37 bits per heavy atom. The van der Waals surface area contributed by atoms with Gasteiger partial charge in [-0.15, -0.1) is 0 Å². The van der Waals surface area contributed by atoms with Gasteiger partial charge in [-0.2, -0.15) is 0 Å². The molecule has 1 aliphatic heterocycles. The summed E-state index contributed by atoms with van der Waals surface area (Å²) in [6.45, 7) is 3.90. The van der Waals surface area contributed by atoms with E-state index in [1.807, 2.05) is 13.8 Å². The number of carbonyl (C=O) groups is 2. The highest BCUT2D eigenvalue weighted by Gasteiger charge is 2.41. The van der Waals surface area contributed by atoms with Crippen molar-refractivity contribution < 1.29 is 34.4 Å². The third-order valence-electron chi connectivity index (χ3n) is 2.88. The van der Waals surface area contributed by atoms with Crippen molar-refractivity contribution in [2.75, 3.05) is 0 Å². The van der Waals surface area contributed by atoms with E-state index in [4.69, 9.17) is 14.6 Å². The van der Waals surface area contributed by atoms with Crippen LogP contribution in [0.15, 0.2) is 0 Å². The highest BCUT2D eigenvalue weighted by atomic mass is 16.7. The van der Waals surface area contributed by atoms with Crippen LogP contribution in [0.4, 0.5) is 0 Å². The molecule has 0 amide bonds. The second kappa shape index (κ2) is 6.83. The molecule has 0 bridgehead atoms. The standard InChI is InChI=1S/C12H20O7/c1-6(2)3-4-9(14)19-12-10(15)7(13)5-8(18-12)11(16)17/h6-8,10,12-13,15H,3-5H2,1-2H3,(H,16,17)/t7-,8-,10+,12?/m0/s1. The third-order valence-corrected chi connectivity index (χ3v) is 2.88. The van der Waals surface area contributed by atoms with E-state index in [9.17, 15) is 19.8 Å². The number of ether oxygens (including phenoxy) is 2. The van der Waals surface area contributed by atoms with Crippen molar-refractivity contribution in [3.63, 3.8) is 0 Å². The van der Waals surface area contributed by atoms with Crippen LogP contribution in [0.3, 0.4) is 0 Å². The summed E-state index contributed by atoms with van der Waals surface area (Å²) in [7, 11) is 0. The number of hydrogen-bond donors (Lipinski definition) is 3. The van der Waals surface area contributed by atoms with Crippen molar-refractivity contribution in [3.8, 4) is 0 Å². The Morgan fingerprint density at radius 2 is 2.00 bits per heavy atom. The van der Waals surface area contributed by atoms with Crippen molar-refractivity contribution in [2.45, 2.75) is 57.7 Å². The molecule has 0 aliphatic carbocycles. The zero-order valence-corrected chi connectivity index (χ0v) is 11.0. The van der Waals surface area contributed by atoms with E-state index in [-0.39, 0.29) is 12.8 Å². The molecule has 1 fully saturated rings. The van der Waals surface area contributed by atoms with Crippen LogP contribution < -0.4 is 0 Å². The van der Waals surface area contributed by atoms with Crippen molar-refractivity contribution in [1.29, 1.82) is 0 Å². The quantitative estimate of drug-likeness (QED) is 0.600. The number of hydrogen-bond acceptors (Lipinski definition) is 6. The van der Waals surface area contributed by atoms with Gasteiger partial charge in [0.1, 0.15) is 6.10 Å². The molecule has 0 radical (unpaired) electrons. The van der Waals surface area contributed by atoms with Gasteiger partial charge in [-0.25, -0.2) is 4.79 Å². The number of aliphatic carboxylic acids is 1. The van der Waals surface area contributed by atoms with Crippen molar-refractivity contribution >= 4 is 11.9 Å². The lowest BCUT2D eigenvalue weighted by molar-refractivity contribution is -0.259. The molecular formula is C12H20O7. The van der Waals surface area contributed by atoms with Gasteiger partial charge in [0.25, 0.3) is 0 Å². The average Bonchev–Trinajstić information content (AvgIpc) is 2.31. The molecule has 1 heterocycles. The van der Waals surface area contributed by atoms with Crippen LogP contribution in [0.5, 0.6) is 0 Å². The largest absolute Gasteiger partial charge is 0.479 e. The predicted molar refractivity (Wildman–Crippen MR) is 63.1 cm³/mol. The Morgan fingerprint density at radius 3 is 2.53 bits per heavy atom. The number of carboxylic acid groups (broad SMARTS) is 1. The molecule has 0 aromatic rings. The van der Waals surface area contributed by atoms with Crippen molar-refractivity contribution in [1.82, 2.24) is 0 Å². The summed E-state index contributed by atoms with van der Waals surface area (Å²) >= 11 is 0. The average molecular weight is 276 g/mol. The fraction of sp³-hybridized carbons (Fsp3) is 0.833. The van der Waals surface area contributed by atoms with Gasteiger partial charge in [0.05, 0.1) is 6.10 Å². The first kappa shape index (κ1) is 15.9. The molecule has 0 spiro atoms. The minimum absolute atomic E-state index is 0.151. The predicted octanol–water partition coefficient (Wildman–Crippen LogP) is -0.113. The number of carboxylic acids is 1. The zero-order valence-electron chi connectivity index (χ0n) is 11.0. The number of rotatable bonds is 5. The zero-order chi connectivity index (χ0) is 14.6. The molecule has 0 saturated carbocycles. The Kier molecular flexibility index (Phi) is 5.71. The Bertz CT molecular complexity index is 328. The summed E-state index contributed by atoms with van der Waals surface area (Å²) in [4.78, 5) is 22.3. The van der Waals surface area contributed by atoms with Crippen molar-refractivity contribution in [2.24, 2.45) is 5.92 Å². The Labute approximate surface area is 111 Å². The van der Waals surface area contributed by atoms with Gasteiger partial charge in [-0.1, -0.05) is 13.8 Å². The van der Waals surface area contributed by atoms with Crippen LogP contribution in [0, 0.1) is 5.92 Å². The molecule has 1 saturated heterocycles. The number of esters is 1. The van der Waals surface area contributed by atoms with Gasteiger partial charge in [0, 0.05) is 12.8 Å². The van der Waals surface area contributed by atoms with Crippen LogP contribution in [0.2, 0.25) is 0 Å². The molecule has 1 rings (SSSR count). The van der Waals surface area contributed by atoms with Crippen LogP contribution in [0.1, 0.15) is 33.1 Å². The summed E-state index contributed by atoms with van der Waals surface area (Å²) in [5.74, 6) is -1.53. The highest BCUT2D eigenvalue weighted by Crippen LogP contribution is 2.22. The fourth-order valence-electron chi connectivity index (χ4n) is 1.69. The summed E-state index contributed by atoms with van der Waals surface area (Å²) in [5, 5.41) is 27.9. The SMILES string of the molecule is CC(C)CCC(=O)OC1O[C@H](C(=O)O)C[C@H](O)[C@H]1O. The molecule has 7 nitrogen and oxygen atoms in total. The van der Waals surface area contributed by atoms with Gasteiger partial charge in [0.2, 0.25) is 6.29 Å². The maximum absolute atomic E-state index is 11.5.